The Labute approximate surface area is 173 Å². The third-order valence-electron chi connectivity index (χ3n) is 4.30. The number of phenolic OH excluding ortho intramolecular Hbond substituents is 1. The van der Waals surface area contributed by atoms with E-state index in [1.165, 1.54) is 0 Å². The molecule has 3 nitrogen and oxygen atoms in total. The Kier molecular flexibility index (Phi) is 5.20. The maximum Gasteiger partial charge on any atom is 0.125 e. The quantitative estimate of drug-likeness (QED) is 0.408. The largest absolute Gasteiger partial charge is 0.507 e. The van der Waals surface area contributed by atoms with Crippen molar-refractivity contribution >= 4 is 35.4 Å². The zero-order valence-corrected chi connectivity index (χ0v) is 16.3. The highest BCUT2D eigenvalue weighted by Gasteiger charge is 2.14. The molecule has 1 heterocycles. The molecule has 0 spiro atoms. The van der Waals surface area contributed by atoms with Crippen LogP contribution in [0.15, 0.2) is 78.9 Å². The maximum atomic E-state index is 10.4. The summed E-state index contributed by atoms with van der Waals surface area (Å²) in [5.41, 5.74) is 3.88. The summed E-state index contributed by atoms with van der Waals surface area (Å²) in [5, 5.41) is 16.3. The monoisotopic (exact) mass is 406 g/mol. The molecule has 0 aliphatic rings. The van der Waals surface area contributed by atoms with Gasteiger partial charge in [-0.1, -0.05) is 65.7 Å². The molecule has 0 unspecified atom stereocenters. The van der Waals surface area contributed by atoms with Gasteiger partial charge in [-0.05, 0) is 54.1 Å². The van der Waals surface area contributed by atoms with Crippen molar-refractivity contribution in [1.82, 2.24) is 9.78 Å². The SMILES string of the molecule is Oc1ccc(Cl)cc1-c1cc(/C=C/c2ccccc2Cl)nn1-c1ccccc1. The van der Waals surface area contributed by atoms with Gasteiger partial charge < -0.3 is 5.11 Å². The number of aromatic nitrogens is 2. The first-order valence-corrected chi connectivity index (χ1v) is 9.44. The van der Waals surface area contributed by atoms with Crippen LogP contribution in [0.4, 0.5) is 0 Å². The van der Waals surface area contributed by atoms with Gasteiger partial charge >= 0.3 is 0 Å². The van der Waals surface area contributed by atoms with Gasteiger partial charge in [0.1, 0.15) is 5.75 Å². The Morgan fingerprint density at radius 2 is 1.57 bits per heavy atom. The van der Waals surface area contributed by atoms with Gasteiger partial charge in [0.2, 0.25) is 0 Å². The van der Waals surface area contributed by atoms with Crippen LogP contribution in [0.3, 0.4) is 0 Å². The third kappa shape index (κ3) is 3.81. The minimum absolute atomic E-state index is 0.142. The van der Waals surface area contributed by atoms with Crippen LogP contribution >= 0.6 is 23.2 Å². The molecule has 28 heavy (non-hydrogen) atoms. The Morgan fingerprint density at radius 3 is 2.36 bits per heavy atom. The predicted octanol–water partition coefficient (Wildman–Crippen LogP) is 6.72. The summed E-state index contributed by atoms with van der Waals surface area (Å²) < 4.78 is 1.79. The fourth-order valence-electron chi connectivity index (χ4n) is 2.94. The first kappa shape index (κ1) is 18.4. The molecule has 0 saturated heterocycles. The number of hydrogen-bond acceptors (Lipinski definition) is 2. The molecular weight excluding hydrogens is 391 g/mol. The molecule has 0 aliphatic carbocycles. The van der Waals surface area contributed by atoms with Gasteiger partial charge in [0, 0.05) is 15.6 Å². The summed E-state index contributed by atoms with van der Waals surface area (Å²) in [6.07, 6.45) is 3.81. The number of phenols is 1. The number of rotatable bonds is 4. The normalized spacial score (nSPS) is 11.2. The van der Waals surface area contributed by atoms with Crippen LogP contribution < -0.4 is 0 Å². The number of halogens is 2. The van der Waals surface area contributed by atoms with Crippen molar-refractivity contribution < 1.29 is 5.11 Å². The highest BCUT2D eigenvalue weighted by molar-refractivity contribution is 6.32. The molecule has 0 saturated carbocycles. The number of para-hydroxylation sites is 1. The predicted molar refractivity (Wildman–Crippen MR) is 116 cm³/mol. The fourth-order valence-corrected chi connectivity index (χ4v) is 3.31. The molecular formula is C23H16Cl2N2O. The smallest absolute Gasteiger partial charge is 0.125 e. The van der Waals surface area contributed by atoms with Crippen LogP contribution in [0.5, 0.6) is 5.75 Å². The van der Waals surface area contributed by atoms with E-state index in [4.69, 9.17) is 28.3 Å². The summed E-state index contributed by atoms with van der Waals surface area (Å²) in [4.78, 5) is 0. The average molecular weight is 407 g/mol. The molecule has 3 aromatic carbocycles. The summed E-state index contributed by atoms with van der Waals surface area (Å²) >= 11 is 12.4. The Hall–Kier alpha value is -3.01. The lowest BCUT2D eigenvalue weighted by molar-refractivity contribution is 0.477. The van der Waals surface area contributed by atoms with Crippen LogP contribution in [0, 0.1) is 0 Å². The molecule has 0 radical (unpaired) electrons. The van der Waals surface area contributed by atoms with Gasteiger partial charge in [-0.3, -0.25) is 0 Å². The van der Waals surface area contributed by atoms with Crippen LogP contribution in [0.2, 0.25) is 10.0 Å². The highest BCUT2D eigenvalue weighted by atomic mass is 35.5. The van der Waals surface area contributed by atoms with E-state index in [-0.39, 0.29) is 5.75 Å². The van der Waals surface area contributed by atoms with Gasteiger partial charge in [0.05, 0.1) is 17.1 Å². The van der Waals surface area contributed by atoms with Crippen molar-refractivity contribution in [3.8, 4) is 22.7 Å². The van der Waals surface area contributed by atoms with E-state index in [0.29, 0.717) is 15.6 Å². The van der Waals surface area contributed by atoms with Crippen molar-refractivity contribution in [2.24, 2.45) is 0 Å². The van der Waals surface area contributed by atoms with E-state index in [1.807, 2.05) is 72.8 Å². The van der Waals surface area contributed by atoms with Crippen LogP contribution in [0.25, 0.3) is 29.1 Å². The minimum Gasteiger partial charge on any atom is -0.507 e. The number of nitrogens with zero attached hydrogens (tertiary/aromatic N) is 2. The van der Waals surface area contributed by atoms with E-state index in [9.17, 15) is 5.11 Å². The van der Waals surface area contributed by atoms with E-state index >= 15 is 0 Å². The Bertz CT molecular complexity index is 1150. The van der Waals surface area contributed by atoms with Gasteiger partial charge in [0.15, 0.2) is 0 Å². The summed E-state index contributed by atoms with van der Waals surface area (Å²) in [6, 6.07) is 24.2. The number of benzene rings is 3. The molecule has 0 bridgehead atoms. The zero-order chi connectivity index (χ0) is 19.5. The van der Waals surface area contributed by atoms with Crippen molar-refractivity contribution in [3.63, 3.8) is 0 Å². The molecule has 5 heteroatoms. The van der Waals surface area contributed by atoms with Crippen molar-refractivity contribution in [1.29, 1.82) is 0 Å². The second-order valence-electron chi connectivity index (χ2n) is 6.22. The lowest BCUT2D eigenvalue weighted by Crippen LogP contribution is -1.99. The second kappa shape index (κ2) is 7.93. The van der Waals surface area contributed by atoms with Gasteiger partial charge in [-0.25, -0.2) is 4.68 Å². The molecule has 138 valence electrons. The molecule has 0 amide bonds. The molecule has 4 rings (SSSR count). The molecule has 4 aromatic rings. The van der Waals surface area contributed by atoms with Crippen LogP contribution in [-0.4, -0.2) is 14.9 Å². The Balaban J connectivity index is 1.83. The molecule has 1 aromatic heterocycles. The third-order valence-corrected chi connectivity index (χ3v) is 4.88. The summed E-state index contributed by atoms with van der Waals surface area (Å²) in [6.45, 7) is 0. The van der Waals surface area contributed by atoms with Crippen molar-refractivity contribution in [3.05, 3.63) is 100 Å². The molecule has 1 N–H and O–H groups in total. The average Bonchev–Trinajstić information content (AvgIpc) is 3.14. The van der Waals surface area contributed by atoms with E-state index in [2.05, 4.69) is 0 Å². The Morgan fingerprint density at radius 1 is 0.821 bits per heavy atom. The first-order valence-electron chi connectivity index (χ1n) is 8.69. The van der Waals surface area contributed by atoms with Crippen LogP contribution in [-0.2, 0) is 0 Å². The number of aromatic hydroxyl groups is 1. The van der Waals surface area contributed by atoms with Gasteiger partial charge in [-0.15, -0.1) is 0 Å². The van der Waals surface area contributed by atoms with Crippen molar-refractivity contribution in [2.45, 2.75) is 0 Å². The van der Waals surface area contributed by atoms with Gasteiger partial charge in [0.25, 0.3) is 0 Å². The van der Waals surface area contributed by atoms with Crippen LogP contribution in [0.1, 0.15) is 11.3 Å². The zero-order valence-electron chi connectivity index (χ0n) is 14.8. The lowest BCUT2D eigenvalue weighted by atomic mass is 10.1. The summed E-state index contributed by atoms with van der Waals surface area (Å²) in [5.74, 6) is 0.142. The van der Waals surface area contributed by atoms with E-state index in [0.717, 1.165) is 22.6 Å². The minimum atomic E-state index is 0.142. The van der Waals surface area contributed by atoms with Gasteiger partial charge in [-0.2, -0.15) is 5.10 Å². The fraction of sp³-hybridized carbons (Fsp3) is 0. The standard InChI is InChI=1S/C23H16Cl2N2O/c24-17-11-13-23(28)20(14-17)22-15-18(12-10-16-6-4-5-9-21(16)25)26-27(22)19-7-2-1-3-8-19/h1-15,28H/b12-10+. The van der Waals surface area contributed by atoms with E-state index < -0.39 is 0 Å². The molecule has 0 fully saturated rings. The molecule has 0 atom stereocenters. The van der Waals surface area contributed by atoms with E-state index in [1.54, 1.807) is 22.9 Å². The maximum absolute atomic E-state index is 10.4. The lowest BCUT2D eigenvalue weighted by Gasteiger charge is -2.09. The second-order valence-corrected chi connectivity index (χ2v) is 7.06. The summed E-state index contributed by atoms with van der Waals surface area (Å²) in [7, 11) is 0. The topological polar surface area (TPSA) is 38.1 Å². The first-order chi connectivity index (χ1) is 13.6. The highest BCUT2D eigenvalue weighted by Crippen LogP contribution is 2.34. The molecule has 0 aliphatic heterocycles. The van der Waals surface area contributed by atoms with Crippen molar-refractivity contribution in [2.75, 3.05) is 0 Å². The number of hydrogen-bond donors (Lipinski definition) is 1.